The molecule has 20 heavy (non-hydrogen) atoms. The first-order valence-electron chi connectivity index (χ1n) is 7.01. The van der Waals surface area contributed by atoms with E-state index in [0.717, 1.165) is 37.9 Å². The minimum Gasteiger partial charge on any atom is -0.463 e. The molecule has 0 N–H and O–H groups in total. The zero-order valence-electron chi connectivity index (χ0n) is 11.4. The molecule has 1 aromatic carbocycles. The van der Waals surface area contributed by atoms with Gasteiger partial charge in [0.25, 0.3) is 6.47 Å². The second-order valence-electron chi connectivity index (χ2n) is 5.40. The fourth-order valence-electron chi connectivity index (χ4n) is 2.88. The third-order valence-electron chi connectivity index (χ3n) is 4.17. The Kier molecular flexibility index (Phi) is 3.89. The van der Waals surface area contributed by atoms with Gasteiger partial charge in [-0.1, -0.05) is 12.1 Å². The summed E-state index contributed by atoms with van der Waals surface area (Å²) in [4.78, 5) is 23.0. The van der Waals surface area contributed by atoms with E-state index in [1.54, 1.807) is 0 Å². The molecule has 5 nitrogen and oxygen atoms in total. The number of benzene rings is 1. The molecule has 0 saturated carbocycles. The van der Waals surface area contributed by atoms with Crippen LogP contribution in [0.25, 0.3) is 0 Å². The van der Waals surface area contributed by atoms with Gasteiger partial charge in [0.1, 0.15) is 12.2 Å². The molecule has 0 radical (unpaired) electrons. The summed E-state index contributed by atoms with van der Waals surface area (Å²) in [5.41, 5.74) is 2.16. The quantitative estimate of drug-likeness (QED) is 0.622. The summed E-state index contributed by atoms with van der Waals surface area (Å²) in [7, 11) is 0. The highest BCUT2D eigenvalue weighted by Gasteiger charge is 2.40. The number of anilines is 1. The highest BCUT2D eigenvalue weighted by Crippen LogP contribution is 2.35. The summed E-state index contributed by atoms with van der Waals surface area (Å²) in [5.74, 6) is 0. The van der Waals surface area contributed by atoms with Crippen LogP contribution >= 0.6 is 0 Å². The second kappa shape index (κ2) is 5.81. The van der Waals surface area contributed by atoms with Crippen LogP contribution in [0, 0.1) is 0 Å². The predicted molar refractivity (Wildman–Crippen MR) is 73.1 cm³/mol. The summed E-state index contributed by atoms with van der Waals surface area (Å²) in [6.07, 6.45) is 3.01. The minimum absolute atomic E-state index is 0.0474. The van der Waals surface area contributed by atoms with Crippen molar-refractivity contribution in [3.8, 4) is 0 Å². The number of piperidine rings is 1. The predicted octanol–water partition coefficient (Wildman–Crippen LogP) is 2.05. The van der Waals surface area contributed by atoms with Gasteiger partial charge in [-0.25, -0.2) is 9.78 Å². The molecule has 2 fully saturated rings. The Morgan fingerprint density at radius 1 is 1.20 bits per heavy atom. The van der Waals surface area contributed by atoms with Crippen molar-refractivity contribution in [2.24, 2.45) is 0 Å². The molecule has 0 aromatic heterocycles. The number of hydrogen-bond donors (Lipinski definition) is 0. The van der Waals surface area contributed by atoms with Crippen LogP contribution in [0.4, 0.5) is 5.69 Å². The van der Waals surface area contributed by atoms with E-state index in [9.17, 15) is 4.79 Å². The lowest BCUT2D eigenvalue weighted by Gasteiger charge is -2.38. The summed E-state index contributed by atoms with van der Waals surface area (Å²) < 4.78 is 4.74. The van der Waals surface area contributed by atoms with Crippen LogP contribution in [0.1, 0.15) is 24.8 Å². The Morgan fingerprint density at radius 2 is 1.95 bits per heavy atom. The number of hydrogen-bond acceptors (Lipinski definition) is 5. The Balaban J connectivity index is 1.58. The van der Waals surface area contributed by atoms with Gasteiger partial charge >= 0.3 is 0 Å². The fraction of sp³-hybridized carbons (Fsp3) is 0.533. The van der Waals surface area contributed by atoms with Crippen molar-refractivity contribution < 1.29 is 19.3 Å². The Hall–Kier alpha value is -1.59. The van der Waals surface area contributed by atoms with E-state index in [2.05, 4.69) is 17.0 Å². The molecule has 0 aliphatic carbocycles. The van der Waals surface area contributed by atoms with Crippen molar-refractivity contribution in [3.63, 3.8) is 0 Å². The lowest BCUT2D eigenvalue weighted by molar-refractivity contribution is -0.312. The number of carbonyl (C=O) groups is 1. The molecule has 108 valence electrons. The van der Waals surface area contributed by atoms with Gasteiger partial charge in [-0.2, -0.15) is 0 Å². The Labute approximate surface area is 118 Å². The van der Waals surface area contributed by atoms with Gasteiger partial charge in [-0.15, -0.1) is 0 Å². The summed E-state index contributed by atoms with van der Waals surface area (Å²) in [6.45, 7) is 3.48. The third kappa shape index (κ3) is 2.78. The molecular weight excluding hydrogens is 258 g/mol. The maximum absolute atomic E-state index is 10.2. The molecular formula is C15H19NO4. The number of carbonyl (C=O) groups excluding carboxylic acids is 1. The molecule has 0 atom stereocenters. The largest absolute Gasteiger partial charge is 0.463 e. The van der Waals surface area contributed by atoms with Crippen LogP contribution in [-0.2, 0) is 25.9 Å². The van der Waals surface area contributed by atoms with Crippen LogP contribution in [-0.4, -0.2) is 31.8 Å². The molecule has 2 aliphatic heterocycles. The topological polar surface area (TPSA) is 48.0 Å². The molecule has 5 heteroatoms. The minimum atomic E-state index is -0.0474. The Morgan fingerprint density at radius 3 is 2.55 bits per heavy atom. The van der Waals surface area contributed by atoms with Gasteiger partial charge < -0.3 is 9.64 Å². The van der Waals surface area contributed by atoms with Crippen LogP contribution in [0.5, 0.6) is 0 Å². The average molecular weight is 277 g/mol. The smallest absolute Gasteiger partial charge is 0.293 e. The molecule has 2 saturated heterocycles. The van der Waals surface area contributed by atoms with E-state index in [1.165, 1.54) is 5.69 Å². The first-order valence-corrected chi connectivity index (χ1v) is 7.01. The van der Waals surface area contributed by atoms with Gasteiger partial charge in [0.2, 0.25) is 0 Å². The van der Waals surface area contributed by atoms with Gasteiger partial charge in [0.15, 0.2) is 0 Å². The number of ether oxygens (including phenoxy) is 1. The normalized spacial score (nSPS) is 21.1. The lowest BCUT2D eigenvalue weighted by atomic mass is 9.89. The van der Waals surface area contributed by atoms with E-state index in [4.69, 9.17) is 14.5 Å². The van der Waals surface area contributed by atoms with Crippen LogP contribution in [0.15, 0.2) is 24.3 Å². The maximum atomic E-state index is 10.2. The Bertz CT molecular complexity index is 443. The molecule has 2 heterocycles. The van der Waals surface area contributed by atoms with E-state index < -0.39 is 0 Å². The number of rotatable bonds is 4. The van der Waals surface area contributed by atoms with Crippen molar-refractivity contribution in [2.75, 3.05) is 24.6 Å². The van der Waals surface area contributed by atoms with Crippen molar-refractivity contribution in [2.45, 2.75) is 31.5 Å². The first kappa shape index (κ1) is 13.4. The monoisotopic (exact) mass is 277 g/mol. The van der Waals surface area contributed by atoms with E-state index in [1.807, 2.05) is 12.1 Å². The fourth-order valence-corrected chi connectivity index (χ4v) is 2.88. The van der Waals surface area contributed by atoms with Crippen LogP contribution < -0.4 is 4.90 Å². The van der Waals surface area contributed by atoms with E-state index in [-0.39, 0.29) is 5.60 Å². The molecule has 1 aromatic rings. The summed E-state index contributed by atoms with van der Waals surface area (Å²) >= 11 is 0. The van der Waals surface area contributed by atoms with Crippen LogP contribution in [0.2, 0.25) is 0 Å². The first-order chi connectivity index (χ1) is 9.81. The zero-order valence-corrected chi connectivity index (χ0v) is 11.4. The molecule has 2 aliphatic rings. The molecule has 0 unspecified atom stereocenters. The van der Waals surface area contributed by atoms with Crippen molar-refractivity contribution in [1.82, 2.24) is 0 Å². The SMILES string of the molecule is O=COCc1ccc(N2CCC3(CCOO3)CC2)cc1. The number of nitrogens with zero attached hydrogens (tertiary/aromatic N) is 1. The molecule has 0 bridgehead atoms. The highest BCUT2D eigenvalue weighted by molar-refractivity contribution is 5.48. The van der Waals surface area contributed by atoms with Gasteiger partial charge in [0.05, 0.1) is 6.61 Å². The van der Waals surface area contributed by atoms with Crippen molar-refractivity contribution in [3.05, 3.63) is 29.8 Å². The van der Waals surface area contributed by atoms with Crippen LogP contribution in [0.3, 0.4) is 0 Å². The maximum Gasteiger partial charge on any atom is 0.293 e. The summed E-state index contributed by atoms with van der Waals surface area (Å²) in [6, 6.07) is 8.15. The van der Waals surface area contributed by atoms with Gasteiger partial charge in [0, 0.05) is 25.2 Å². The average Bonchev–Trinajstić information content (AvgIpc) is 2.95. The lowest BCUT2D eigenvalue weighted by Crippen LogP contribution is -2.44. The second-order valence-corrected chi connectivity index (χ2v) is 5.40. The summed E-state index contributed by atoms with van der Waals surface area (Å²) in [5, 5.41) is 0. The molecule has 3 rings (SSSR count). The van der Waals surface area contributed by atoms with Crippen molar-refractivity contribution >= 4 is 12.2 Å². The van der Waals surface area contributed by atoms with E-state index >= 15 is 0 Å². The standard InChI is InChI=1S/C15H19NO4/c17-12-18-11-13-1-3-14(4-2-13)16-8-5-15(6-9-16)7-10-19-20-15/h1-4,12H,5-11H2. The van der Waals surface area contributed by atoms with Crippen molar-refractivity contribution in [1.29, 1.82) is 0 Å². The zero-order chi connectivity index (χ0) is 13.8. The molecule has 1 spiro atoms. The highest BCUT2D eigenvalue weighted by atomic mass is 17.2. The van der Waals surface area contributed by atoms with Gasteiger partial charge in [-0.05, 0) is 30.5 Å². The molecule has 0 amide bonds. The van der Waals surface area contributed by atoms with Gasteiger partial charge in [-0.3, -0.25) is 4.79 Å². The van der Waals surface area contributed by atoms with E-state index in [0.29, 0.717) is 19.7 Å². The third-order valence-corrected chi connectivity index (χ3v) is 4.17.